The number of aromatic nitrogens is 1. The molecule has 28 heavy (non-hydrogen) atoms. The van der Waals surface area contributed by atoms with Crippen molar-refractivity contribution in [1.82, 2.24) is 14.2 Å². The van der Waals surface area contributed by atoms with Crippen molar-refractivity contribution in [3.8, 4) is 0 Å². The Hall–Kier alpha value is -2.16. The van der Waals surface area contributed by atoms with Crippen LogP contribution in [0.1, 0.15) is 30.1 Å². The maximum atomic E-state index is 13.1. The summed E-state index contributed by atoms with van der Waals surface area (Å²) in [6, 6.07) is 11.1. The van der Waals surface area contributed by atoms with Gasteiger partial charge in [0.2, 0.25) is 10.0 Å². The maximum Gasteiger partial charge on any atom is 0.256 e. The van der Waals surface area contributed by atoms with Gasteiger partial charge in [0.05, 0.1) is 5.56 Å². The van der Waals surface area contributed by atoms with Gasteiger partial charge < -0.3 is 9.47 Å². The topological polar surface area (TPSA) is 71.4 Å². The third-order valence-corrected chi connectivity index (χ3v) is 8.14. The van der Waals surface area contributed by atoms with Gasteiger partial charge in [-0.3, -0.25) is 4.79 Å². The fourth-order valence-electron chi connectivity index (χ4n) is 3.74. The number of likely N-dealkylation sites (tertiary alicyclic amines) is 1. The lowest BCUT2D eigenvalue weighted by molar-refractivity contribution is 0.0713. The van der Waals surface area contributed by atoms with Crippen LogP contribution in [0.3, 0.4) is 0 Å². The SMILES string of the molecule is CCn1cc(C(=O)N2CCC(NS(=O)(=O)c3cccs3)CC2)c2ccccc21. The molecule has 0 aliphatic carbocycles. The maximum absolute atomic E-state index is 13.1. The van der Waals surface area contributed by atoms with Crippen molar-refractivity contribution in [3.63, 3.8) is 0 Å². The van der Waals surface area contributed by atoms with Crippen LogP contribution in [-0.4, -0.2) is 42.9 Å². The minimum atomic E-state index is -3.47. The van der Waals surface area contributed by atoms with Gasteiger partial charge in [-0.1, -0.05) is 24.3 Å². The highest BCUT2D eigenvalue weighted by molar-refractivity contribution is 7.91. The molecule has 0 radical (unpaired) electrons. The minimum absolute atomic E-state index is 0.0166. The van der Waals surface area contributed by atoms with E-state index in [9.17, 15) is 13.2 Å². The Morgan fingerprint density at radius 1 is 1.18 bits per heavy atom. The van der Waals surface area contributed by atoms with E-state index in [1.807, 2.05) is 35.4 Å². The molecule has 0 unspecified atom stereocenters. The van der Waals surface area contributed by atoms with Crippen LogP contribution in [-0.2, 0) is 16.6 Å². The Morgan fingerprint density at radius 2 is 1.93 bits per heavy atom. The van der Waals surface area contributed by atoms with Gasteiger partial charge in [0.1, 0.15) is 4.21 Å². The van der Waals surface area contributed by atoms with Crippen LogP contribution in [0.25, 0.3) is 10.9 Å². The van der Waals surface area contributed by atoms with Crippen molar-refractivity contribution >= 4 is 38.2 Å². The molecule has 3 heterocycles. The van der Waals surface area contributed by atoms with Gasteiger partial charge >= 0.3 is 0 Å². The number of benzene rings is 1. The summed E-state index contributed by atoms with van der Waals surface area (Å²) in [7, 11) is -3.47. The van der Waals surface area contributed by atoms with E-state index < -0.39 is 10.0 Å². The second kappa shape index (κ2) is 7.69. The fraction of sp³-hybridized carbons (Fsp3) is 0.350. The Bertz CT molecular complexity index is 1080. The van der Waals surface area contributed by atoms with Gasteiger partial charge in [-0.25, -0.2) is 13.1 Å². The van der Waals surface area contributed by atoms with Crippen molar-refractivity contribution in [2.45, 2.75) is 36.6 Å². The molecule has 1 N–H and O–H groups in total. The first kappa shape index (κ1) is 19.2. The van der Waals surface area contributed by atoms with Crippen molar-refractivity contribution in [2.24, 2.45) is 0 Å². The molecular weight excluding hydrogens is 394 g/mol. The predicted octanol–water partition coefficient (Wildman–Crippen LogP) is 3.31. The summed E-state index contributed by atoms with van der Waals surface area (Å²) in [5.41, 5.74) is 1.78. The molecule has 0 saturated carbocycles. The molecule has 6 nitrogen and oxygen atoms in total. The molecular formula is C20H23N3O3S2. The number of nitrogens with zero attached hydrogens (tertiary/aromatic N) is 2. The smallest absolute Gasteiger partial charge is 0.256 e. The predicted molar refractivity (Wildman–Crippen MR) is 111 cm³/mol. The number of thiophene rings is 1. The number of hydrogen-bond donors (Lipinski definition) is 1. The summed E-state index contributed by atoms with van der Waals surface area (Å²) < 4.78 is 30.0. The monoisotopic (exact) mass is 417 g/mol. The van der Waals surface area contributed by atoms with Gasteiger partial charge in [-0.05, 0) is 37.3 Å². The zero-order valence-corrected chi connectivity index (χ0v) is 17.3. The van der Waals surface area contributed by atoms with E-state index in [4.69, 9.17) is 0 Å². The lowest BCUT2D eigenvalue weighted by Crippen LogP contribution is -2.46. The lowest BCUT2D eigenvalue weighted by atomic mass is 10.0. The first-order chi connectivity index (χ1) is 13.5. The standard InChI is InChI=1S/C20H23N3O3S2/c1-2-22-14-17(16-6-3-4-7-18(16)22)20(24)23-11-9-15(10-12-23)21-28(25,26)19-8-5-13-27-19/h3-8,13-15,21H,2,9-12H2,1H3. The molecule has 1 aliphatic rings. The molecule has 2 aromatic heterocycles. The molecule has 1 amide bonds. The van der Waals surface area contributed by atoms with Gasteiger partial charge in [0.25, 0.3) is 5.91 Å². The Morgan fingerprint density at radius 3 is 2.61 bits per heavy atom. The molecule has 0 spiro atoms. The molecule has 1 aromatic carbocycles. The number of sulfonamides is 1. The van der Waals surface area contributed by atoms with Crippen molar-refractivity contribution < 1.29 is 13.2 Å². The van der Waals surface area contributed by atoms with Crippen LogP contribution in [0.2, 0.25) is 0 Å². The van der Waals surface area contributed by atoms with E-state index in [0.29, 0.717) is 30.1 Å². The van der Waals surface area contributed by atoms with Crippen LogP contribution in [0, 0.1) is 0 Å². The largest absolute Gasteiger partial charge is 0.347 e. The quantitative estimate of drug-likeness (QED) is 0.692. The van der Waals surface area contributed by atoms with Crippen LogP contribution in [0.5, 0.6) is 0 Å². The zero-order chi connectivity index (χ0) is 19.7. The van der Waals surface area contributed by atoms with E-state index >= 15 is 0 Å². The summed E-state index contributed by atoms with van der Waals surface area (Å²) >= 11 is 1.21. The van der Waals surface area contributed by atoms with E-state index in [1.54, 1.807) is 17.5 Å². The van der Waals surface area contributed by atoms with E-state index in [1.165, 1.54) is 11.3 Å². The number of carbonyl (C=O) groups excluding carboxylic acids is 1. The molecule has 1 aliphatic heterocycles. The Labute approximate surface area is 168 Å². The molecule has 1 saturated heterocycles. The minimum Gasteiger partial charge on any atom is -0.347 e. The first-order valence-electron chi connectivity index (χ1n) is 9.42. The number of nitrogens with one attached hydrogen (secondary N) is 1. The highest BCUT2D eigenvalue weighted by atomic mass is 32.2. The summed E-state index contributed by atoms with van der Waals surface area (Å²) in [5.74, 6) is 0.0166. The summed E-state index contributed by atoms with van der Waals surface area (Å²) in [5, 5.41) is 2.72. The van der Waals surface area contributed by atoms with Crippen LogP contribution in [0.15, 0.2) is 52.2 Å². The first-order valence-corrected chi connectivity index (χ1v) is 11.8. The number of amides is 1. The molecule has 4 rings (SSSR count). The van der Waals surface area contributed by atoms with E-state index in [-0.39, 0.29) is 11.9 Å². The third-order valence-electron chi connectivity index (χ3n) is 5.22. The number of rotatable bonds is 5. The second-order valence-corrected chi connectivity index (χ2v) is 9.85. The number of aryl methyl sites for hydroxylation is 1. The van der Waals surface area contributed by atoms with E-state index in [0.717, 1.165) is 23.0 Å². The van der Waals surface area contributed by atoms with E-state index in [2.05, 4.69) is 16.2 Å². The molecule has 0 bridgehead atoms. The normalized spacial score (nSPS) is 16.0. The molecule has 1 fully saturated rings. The van der Waals surface area contributed by atoms with Gasteiger partial charge in [-0.2, -0.15) is 0 Å². The van der Waals surface area contributed by atoms with Crippen LogP contribution < -0.4 is 4.72 Å². The number of carbonyl (C=O) groups is 1. The van der Waals surface area contributed by atoms with Crippen molar-refractivity contribution in [1.29, 1.82) is 0 Å². The number of piperidine rings is 1. The second-order valence-electron chi connectivity index (χ2n) is 6.97. The zero-order valence-electron chi connectivity index (χ0n) is 15.7. The summed E-state index contributed by atoms with van der Waals surface area (Å²) in [6.07, 6.45) is 3.16. The van der Waals surface area contributed by atoms with Crippen LogP contribution >= 0.6 is 11.3 Å². The summed E-state index contributed by atoms with van der Waals surface area (Å²) in [4.78, 5) is 14.9. The molecule has 8 heteroatoms. The molecule has 148 valence electrons. The third kappa shape index (κ3) is 3.59. The van der Waals surface area contributed by atoms with Crippen molar-refractivity contribution in [3.05, 3.63) is 53.5 Å². The lowest BCUT2D eigenvalue weighted by Gasteiger charge is -2.32. The van der Waals surface area contributed by atoms with Gasteiger partial charge in [0.15, 0.2) is 0 Å². The fourth-order valence-corrected chi connectivity index (χ4v) is 6.06. The molecule has 0 atom stereocenters. The van der Waals surface area contributed by atoms with Crippen molar-refractivity contribution in [2.75, 3.05) is 13.1 Å². The highest BCUT2D eigenvalue weighted by Crippen LogP contribution is 2.25. The highest BCUT2D eigenvalue weighted by Gasteiger charge is 2.28. The van der Waals surface area contributed by atoms with Gasteiger partial charge in [-0.15, -0.1) is 11.3 Å². The number of fused-ring (bicyclic) bond motifs is 1. The van der Waals surface area contributed by atoms with Crippen LogP contribution in [0.4, 0.5) is 0 Å². The Kier molecular flexibility index (Phi) is 5.27. The molecule has 3 aromatic rings. The number of hydrogen-bond acceptors (Lipinski definition) is 4. The summed E-state index contributed by atoms with van der Waals surface area (Å²) in [6.45, 7) is 3.95. The van der Waals surface area contributed by atoms with Gasteiger partial charge in [0, 0.05) is 42.8 Å². The average molecular weight is 418 g/mol. The average Bonchev–Trinajstić information content (AvgIpc) is 3.36. The number of para-hydroxylation sites is 1. The Balaban J connectivity index is 1.45.